The monoisotopic (exact) mass is 411 g/mol. The molecule has 0 aliphatic heterocycles. The van der Waals surface area contributed by atoms with Crippen molar-refractivity contribution in [3.8, 4) is 0 Å². The van der Waals surface area contributed by atoms with E-state index >= 15 is 0 Å². The first-order chi connectivity index (χ1) is 13.0. The summed E-state index contributed by atoms with van der Waals surface area (Å²) in [5.41, 5.74) is -1.43. The van der Waals surface area contributed by atoms with Crippen molar-refractivity contribution in [3.63, 3.8) is 0 Å². The van der Waals surface area contributed by atoms with Crippen molar-refractivity contribution >= 4 is 29.3 Å². The zero-order chi connectivity index (χ0) is 20.9. The molecule has 1 saturated carbocycles. The first-order valence-corrected chi connectivity index (χ1v) is 9.62. The van der Waals surface area contributed by atoms with Crippen LogP contribution in [0.3, 0.4) is 0 Å². The van der Waals surface area contributed by atoms with Crippen molar-refractivity contribution < 1.29 is 19.2 Å². The number of hydrogen-bond acceptors (Lipinski definition) is 5. The van der Waals surface area contributed by atoms with Gasteiger partial charge in [-0.25, -0.2) is 4.79 Å². The highest BCUT2D eigenvalue weighted by atomic mass is 35.5. The van der Waals surface area contributed by atoms with Gasteiger partial charge in [-0.1, -0.05) is 30.9 Å². The Kier molecular flexibility index (Phi) is 6.87. The second-order valence-corrected chi connectivity index (χ2v) is 8.48. The van der Waals surface area contributed by atoms with Crippen LogP contribution in [0.15, 0.2) is 18.2 Å². The SMILES string of the molecule is CC(C)(C)OC(=O)NC1(CNC(=O)c2cc([N+](=O)[O-])ccc2Cl)CCCCC1. The molecule has 0 aromatic heterocycles. The largest absolute Gasteiger partial charge is 0.444 e. The van der Waals surface area contributed by atoms with Crippen molar-refractivity contribution in [1.29, 1.82) is 0 Å². The third kappa shape index (κ3) is 6.09. The van der Waals surface area contributed by atoms with Crippen LogP contribution in [0.1, 0.15) is 63.2 Å². The summed E-state index contributed by atoms with van der Waals surface area (Å²) in [6.07, 6.45) is 3.77. The third-order valence-corrected chi connectivity index (χ3v) is 4.90. The highest BCUT2D eigenvalue weighted by Crippen LogP contribution is 2.29. The lowest BCUT2D eigenvalue weighted by atomic mass is 9.81. The van der Waals surface area contributed by atoms with E-state index in [-0.39, 0.29) is 22.8 Å². The highest BCUT2D eigenvalue weighted by molar-refractivity contribution is 6.33. The lowest BCUT2D eigenvalue weighted by Gasteiger charge is -2.38. The molecule has 0 heterocycles. The van der Waals surface area contributed by atoms with E-state index in [0.29, 0.717) is 12.8 Å². The topological polar surface area (TPSA) is 111 Å². The molecule has 0 unspecified atom stereocenters. The predicted octanol–water partition coefficient (Wildman–Crippen LogP) is 4.21. The zero-order valence-corrected chi connectivity index (χ0v) is 17.1. The number of halogens is 1. The second kappa shape index (κ2) is 8.77. The van der Waals surface area contributed by atoms with Gasteiger partial charge < -0.3 is 15.4 Å². The van der Waals surface area contributed by atoms with Gasteiger partial charge in [-0.3, -0.25) is 14.9 Å². The van der Waals surface area contributed by atoms with Gasteiger partial charge in [-0.15, -0.1) is 0 Å². The molecule has 9 heteroatoms. The van der Waals surface area contributed by atoms with Gasteiger partial charge in [-0.05, 0) is 39.7 Å². The van der Waals surface area contributed by atoms with Gasteiger partial charge in [0.05, 0.1) is 21.0 Å². The number of carbonyl (C=O) groups excluding carboxylic acids is 2. The summed E-state index contributed by atoms with van der Waals surface area (Å²) in [6.45, 7) is 5.54. The quantitative estimate of drug-likeness (QED) is 0.557. The standard InChI is InChI=1S/C19H26ClN3O5/c1-18(2,3)28-17(25)22-19(9-5-4-6-10-19)12-21-16(24)14-11-13(23(26)27)7-8-15(14)20/h7-8,11H,4-6,9-10,12H2,1-3H3,(H,21,24)(H,22,25). The normalized spacial score (nSPS) is 16.1. The molecule has 0 radical (unpaired) electrons. The summed E-state index contributed by atoms with van der Waals surface area (Å²) in [5.74, 6) is -0.523. The number of nitrogens with zero attached hydrogens (tertiary/aromatic N) is 1. The number of hydrogen-bond donors (Lipinski definition) is 2. The van der Waals surface area contributed by atoms with E-state index in [1.807, 2.05) is 0 Å². The second-order valence-electron chi connectivity index (χ2n) is 8.07. The summed E-state index contributed by atoms with van der Waals surface area (Å²) in [6, 6.07) is 3.71. The number of benzene rings is 1. The number of rotatable bonds is 5. The maximum atomic E-state index is 12.6. The molecule has 2 N–H and O–H groups in total. The molecule has 8 nitrogen and oxygen atoms in total. The fraction of sp³-hybridized carbons (Fsp3) is 0.579. The Bertz CT molecular complexity index is 754. The van der Waals surface area contributed by atoms with Crippen molar-refractivity contribution in [2.75, 3.05) is 6.54 Å². The number of nitrogens with one attached hydrogen (secondary N) is 2. The first-order valence-electron chi connectivity index (χ1n) is 9.25. The van der Waals surface area contributed by atoms with Crippen LogP contribution in [0.4, 0.5) is 10.5 Å². The van der Waals surface area contributed by atoms with Crippen LogP contribution in [-0.4, -0.2) is 34.6 Å². The first kappa shape index (κ1) is 21.9. The van der Waals surface area contributed by atoms with Crippen LogP contribution >= 0.6 is 11.6 Å². The minimum atomic E-state index is -0.625. The van der Waals surface area contributed by atoms with E-state index in [0.717, 1.165) is 25.3 Å². The number of non-ortho nitro benzene ring substituents is 1. The van der Waals surface area contributed by atoms with Gasteiger partial charge in [0, 0.05) is 18.7 Å². The van der Waals surface area contributed by atoms with Gasteiger partial charge in [0.25, 0.3) is 11.6 Å². The fourth-order valence-corrected chi connectivity index (χ4v) is 3.44. The Hall–Kier alpha value is -2.35. The van der Waals surface area contributed by atoms with Gasteiger partial charge in [0.2, 0.25) is 0 Å². The Morgan fingerprint density at radius 2 is 1.89 bits per heavy atom. The van der Waals surface area contributed by atoms with Gasteiger partial charge in [0.15, 0.2) is 0 Å². The van der Waals surface area contributed by atoms with Crippen LogP contribution in [0.2, 0.25) is 5.02 Å². The smallest absolute Gasteiger partial charge is 0.408 e. The molecule has 1 fully saturated rings. The average molecular weight is 412 g/mol. The Labute approximate surface area is 169 Å². The van der Waals surface area contributed by atoms with Crippen molar-refractivity contribution in [2.24, 2.45) is 0 Å². The molecule has 2 rings (SSSR count). The van der Waals surface area contributed by atoms with Crippen LogP contribution < -0.4 is 10.6 Å². The summed E-state index contributed by atoms with van der Waals surface area (Å²) < 4.78 is 5.36. The number of carbonyl (C=O) groups is 2. The van der Waals surface area contributed by atoms with E-state index in [4.69, 9.17) is 16.3 Å². The lowest BCUT2D eigenvalue weighted by molar-refractivity contribution is -0.384. The minimum Gasteiger partial charge on any atom is -0.444 e. The molecule has 28 heavy (non-hydrogen) atoms. The molecular formula is C19H26ClN3O5. The summed E-state index contributed by atoms with van der Waals surface area (Å²) in [7, 11) is 0. The average Bonchev–Trinajstić information content (AvgIpc) is 2.59. The molecule has 0 atom stereocenters. The molecule has 0 spiro atoms. The number of alkyl carbamates (subject to hydrolysis) is 1. The van der Waals surface area contributed by atoms with Crippen molar-refractivity contribution in [1.82, 2.24) is 10.6 Å². The van der Waals surface area contributed by atoms with Crippen LogP contribution in [0.25, 0.3) is 0 Å². The molecule has 154 valence electrons. The van der Waals surface area contributed by atoms with E-state index in [1.54, 1.807) is 20.8 Å². The van der Waals surface area contributed by atoms with E-state index in [9.17, 15) is 19.7 Å². The number of nitro benzene ring substituents is 1. The van der Waals surface area contributed by atoms with Crippen LogP contribution in [-0.2, 0) is 4.74 Å². The lowest BCUT2D eigenvalue weighted by Crippen LogP contribution is -2.57. The number of amides is 2. The van der Waals surface area contributed by atoms with Gasteiger partial charge >= 0.3 is 6.09 Å². The number of nitro groups is 1. The number of ether oxygens (including phenoxy) is 1. The predicted molar refractivity (Wildman–Crippen MR) is 106 cm³/mol. The highest BCUT2D eigenvalue weighted by Gasteiger charge is 2.35. The summed E-state index contributed by atoms with van der Waals surface area (Å²) in [5, 5.41) is 16.8. The van der Waals surface area contributed by atoms with E-state index in [2.05, 4.69) is 10.6 Å². The zero-order valence-electron chi connectivity index (χ0n) is 16.3. The third-order valence-electron chi connectivity index (χ3n) is 4.57. The molecule has 1 aromatic rings. The molecule has 0 saturated heterocycles. The summed E-state index contributed by atoms with van der Waals surface area (Å²) in [4.78, 5) is 35.2. The van der Waals surface area contributed by atoms with Crippen LogP contribution in [0, 0.1) is 10.1 Å². The molecule has 1 aliphatic carbocycles. The van der Waals surface area contributed by atoms with E-state index in [1.165, 1.54) is 12.1 Å². The Morgan fingerprint density at radius 3 is 2.46 bits per heavy atom. The van der Waals surface area contributed by atoms with Crippen LogP contribution in [0.5, 0.6) is 0 Å². The Balaban J connectivity index is 2.11. The molecule has 1 aliphatic rings. The van der Waals surface area contributed by atoms with Gasteiger partial charge in [0.1, 0.15) is 5.60 Å². The molecule has 2 amide bonds. The van der Waals surface area contributed by atoms with Gasteiger partial charge in [-0.2, -0.15) is 0 Å². The molecule has 1 aromatic carbocycles. The maximum absolute atomic E-state index is 12.6. The molecular weight excluding hydrogens is 386 g/mol. The Morgan fingerprint density at radius 1 is 1.25 bits per heavy atom. The fourth-order valence-electron chi connectivity index (χ4n) is 3.24. The summed E-state index contributed by atoms with van der Waals surface area (Å²) >= 11 is 6.04. The maximum Gasteiger partial charge on any atom is 0.408 e. The van der Waals surface area contributed by atoms with Crippen molar-refractivity contribution in [3.05, 3.63) is 38.9 Å². The minimum absolute atomic E-state index is 0.0269. The molecule has 0 bridgehead atoms. The van der Waals surface area contributed by atoms with E-state index < -0.39 is 28.1 Å². The van der Waals surface area contributed by atoms with Crippen molar-refractivity contribution in [2.45, 2.75) is 64.0 Å².